The SMILES string of the molecule is CCn1ccc(CNc2cc(Br)c(F)cc2F)c1. The first-order valence-electron chi connectivity index (χ1n) is 5.63. The van der Waals surface area contributed by atoms with Gasteiger partial charge < -0.3 is 9.88 Å². The van der Waals surface area contributed by atoms with Crippen LogP contribution in [0.25, 0.3) is 0 Å². The van der Waals surface area contributed by atoms with Crippen molar-refractivity contribution in [3.8, 4) is 0 Å². The van der Waals surface area contributed by atoms with E-state index in [9.17, 15) is 8.78 Å². The normalized spacial score (nSPS) is 10.7. The van der Waals surface area contributed by atoms with E-state index in [1.165, 1.54) is 6.07 Å². The van der Waals surface area contributed by atoms with Gasteiger partial charge in [0.1, 0.15) is 11.6 Å². The molecule has 1 heterocycles. The number of anilines is 1. The summed E-state index contributed by atoms with van der Waals surface area (Å²) in [4.78, 5) is 0. The summed E-state index contributed by atoms with van der Waals surface area (Å²) < 4.78 is 28.8. The molecule has 5 heteroatoms. The lowest BCUT2D eigenvalue weighted by molar-refractivity contribution is 0.580. The summed E-state index contributed by atoms with van der Waals surface area (Å²) in [6.07, 6.45) is 3.96. The van der Waals surface area contributed by atoms with Crippen LogP contribution in [0.1, 0.15) is 12.5 Å². The lowest BCUT2D eigenvalue weighted by atomic mass is 10.2. The lowest BCUT2D eigenvalue weighted by Crippen LogP contribution is -2.01. The summed E-state index contributed by atoms with van der Waals surface area (Å²) >= 11 is 3.04. The highest BCUT2D eigenvalue weighted by molar-refractivity contribution is 9.10. The van der Waals surface area contributed by atoms with Gasteiger partial charge in [0, 0.05) is 31.5 Å². The van der Waals surface area contributed by atoms with Crippen molar-refractivity contribution in [3.63, 3.8) is 0 Å². The van der Waals surface area contributed by atoms with E-state index in [1.54, 1.807) is 0 Å². The molecule has 2 rings (SSSR count). The summed E-state index contributed by atoms with van der Waals surface area (Å²) in [7, 11) is 0. The van der Waals surface area contributed by atoms with E-state index in [4.69, 9.17) is 0 Å². The van der Waals surface area contributed by atoms with Crippen molar-refractivity contribution in [2.75, 3.05) is 5.32 Å². The average Bonchev–Trinajstić information content (AvgIpc) is 2.80. The van der Waals surface area contributed by atoms with E-state index in [1.807, 2.05) is 30.0 Å². The van der Waals surface area contributed by atoms with Gasteiger partial charge in [0.25, 0.3) is 0 Å². The van der Waals surface area contributed by atoms with Gasteiger partial charge in [0.2, 0.25) is 0 Å². The van der Waals surface area contributed by atoms with Crippen LogP contribution >= 0.6 is 15.9 Å². The van der Waals surface area contributed by atoms with Crippen molar-refractivity contribution in [2.24, 2.45) is 0 Å². The van der Waals surface area contributed by atoms with Gasteiger partial charge in [-0.15, -0.1) is 0 Å². The van der Waals surface area contributed by atoms with E-state index in [0.717, 1.165) is 18.2 Å². The molecule has 2 nitrogen and oxygen atoms in total. The summed E-state index contributed by atoms with van der Waals surface area (Å²) in [5, 5.41) is 2.95. The Morgan fingerprint density at radius 2 is 2.06 bits per heavy atom. The van der Waals surface area contributed by atoms with E-state index in [2.05, 4.69) is 21.2 Å². The molecule has 96 valence electrons. The van der Waals surface area contributed by atoms with Gasteiger partial charge >= 0.3 is 0 Å². The smallest absolute Gasteiger partial charge is 0.149 e. The maximum absolute atomic E-state index is 13.5. The lowest BCUT2D eigenvalue weighted by Gasteiger charge is -2.07. The number of rotatable bonds is 4. The van der Waals surface area contributed by atoms with Gasteiger partial charge in [-0.05, 0) is 40.5 Å². The van der Waals surface area contributed by atoms with Crippen LogP contribution in [-0.2, 0) is 13.1 Å². The second-order valence-electron chi connectivity index (χ2n) is 3.95. The molecule has 0 spiro atoms. The maximum atomic E-state index is 13.5. The Labute approximate surface area is 113 Å². The fourth-order valence-corrected chi connectivity index (χ4v) is 1.99. The molecule has 0 fully saturated rings. The molecular formula is C13H13BrF2N2. The quantitative estimate of drug-likeness (QED) is 0.838. The predicted molar refractivity (Wildman–Crippen MR) is 71.5 cm³/mol. The molecule has 0 radical (unpaired) electrons. The molecule has 0 atom stereocenters. The highest BCUT2D eigenvalue weighted by Gasteiger charge is 2.08. The number of benzene rings is 1. The Morgan fingerprint density at radius 1 is 1.28 bits per heavy atom. The molecule has 1 N–H and O–H groups in total. The van der Waals surface area contributed by atoms with Crippen LogP contribution < -0.4 is 5.32 Å². The molecule has 0 aliphatic rings. The standard InChI is InChI=1S/C13H13BrF2N2/c1-2-18-4-3-9(8-18)7-17-13-5-10(14)11(15)6-12(13)16/h3-6,8,17H,2,7H2,1H3. The first-order valence-corrected chi connectivity index (χ1v) is 6.42. The van der Waals surface area contributed by atoms with Gasteiger partial charge in [-0.2, -0.15) is 0 Å². The highest BCUT2D eigenvalue weighted by Crippen LogP contribution is 2.24. The Kier molecular flexibility index (Phi) is 4.01. The Morgan fingerprint density at radius 3 is 2.72 bits per heavy atom. The van der Waals surface area contributed by atoms with Gasteiger partial charge in [0.15, 0.2) is 0 Å². The Hall–Kier alpha value is -1.36. The number of nitrogens with one attached hydrogen (secondary N) is 1. The fourth-order valence-electron chi connectivity index (χ4n) is 1.65. The molecular weight excluding hydrogens is 302 g/mol. The highest BCUT2D eigenvalue weighted by atomic mass is 79.9. The van der Waals surface area contributed by atoms with Crippen LogP contribution in [0.4, 0.5) is 14.5 Å². The third kappa shape index (κ3) is 2.90. The molecule has 0 aliphatic heterocycles. The number of aryl methyl sites for hydroxylation is 1. The van der Waals surface area contributed by atoms with Crippen LogP contribution in [0.15, 0.2) is 35.1 Å². The molecule has 0 saturated heterocycles. The zero-order valence-corrected chi connectivity index (χ0v) is 11.5. The summed E-state index contributed by atoms with van der Waals surface area (Å²) in [6, 6.07) is 4.23. The van der Waals surface area contributed by atoms with Crippen molar-refractivity contribution in [2.45, 2.75) is 20.0 Å². The van der Waals surface area contributed by atoms with Crippen LogP contribution in [0.3, 0.4) is 0 Å². The van der Waals surface area contributed by atoms with Crippen LogP contribution in [-0.4, -0.2) is 4.57 Å². The zero-order chi connectivity index (χ0) is 13.1. The van der Waals surface area contributed by atoms with Crippen molar-refractivity contribution >= 4 is 21.6 Å². The monoisotopic (exact) mass is 314 g/mol. The largest absolute Gasteiger partial charge is 0.379 e. The van der Waals surface area contributed by atoms with E-state index < -0.39 is 11.6 Å². The third-order valence-corrected chi connectivity index (χ3v) is 3.28. The van der Waals surface area contributed by atoms with Crippen molar-refractivity contribution < 1.29 is 8.78 Å². The predicted octanol–water partition coefficient (Wildman–Crippen LogP) is 4.16. The molecule has 1 aromatic heterocycles. The van der Waals surface area contributed by atoms with Gasteiger partial charge in [-0.25, -0.2) is 8.78 Å². The molecule has 2 aromatic rings. The second kappa shape index (κ2) is 5.52. The zero-order valence-electron chi connectivity index (χ0n) is 9.88. The average molecular weight is 315 g/mol. The summed E-state index contributed by atoms with van der Waals surface area (Å²) in [6.45, 7) is 3.45. The third-order valence-electron chi connectivity index (χ3n) is 2.67. The minimum absolute atomic E-state index is 0.248. The van der Waals surface area contributed by atoms with Crippen LogP contribution in [0.5, 0.6) is 0 Å². The van der Waals surface area contributed by atoms with E-state index in [-0.39, 0.29) is 10.2 Å². The minimum Gasteiger partial charge on any atom is -0.379 e. The van der Waals surface area contributed by atoms with Crippen molar-refractivity contribution in [1.29, 1.82) is 0 Å². The number of hydrogen-bond acceptors (Lipinski definition) is 1. The molecule has 0 bridgehead atoms. The topological polar surface area (TPSA) is 17.0 Å². The minimum atomic E-state index is -0.602. The maximum Gasteiger partial charge on any atom is 0.149 e. The van der Waals surface area contributed by atoms with E-state index in [0.29, 0.717) is 6.54 Å². The van der Waals surface area contributed by atoms with Crippen molar-refractivity contribution in [3.05, 3.63) is 52.3 Å². The van der Waals surface area contributed by atoms with E-state index >= 15 is 0 Å². The molecule has 0 saturated carbocycles. The molecule has 18 heavy (non-hydrogen) atoms. The number of hydrogen-bond donors (Lipinski definition) is 1. The molecule has 0 aliphatic carbocycles. The molecule has 1 aromatic carbocycles. The Balaban J connectivity index is 2.08. The van der Waals surface area contributed by atoms with Crippen LogP contribution in [0.2, 0.25) is 0 Å². The number of nitrogens with zero attached hydrogens (tertiary/aromatic N) is 1. The Bertz CT molecular complexity index is 552. The number of aromatic nitrogens is 1. The van der Waals surface area contributed by atoms with Crippen molar-refractivity contribution in [1.82, 2.24) is 4.57 Å². The molecule has 0 amide bonds. The molecule has 0 unspecified atom stereocenters. The van der Waals surface area contributed by atoms with Gasteiger partial charge in [-0.1, -0.05) is 0 Å². The summed E-state index contributed by atoms with van der Waals surface area (Å²) in [5.41, 5.74) is 1.34. The van der Waals surface area contributed by atoms with Gasteiger partial charge in [-0.3, -0.25) is 0 Å². The summed E-state index contributed by atoms with van der Waals surface area (Å²) in [5.74, 6) is -1.19. The fraction of sp³-hybridized carbons (Fsp3) is 0.231. The number of halogens is 3. The second-order valence-corrected chi connectivity index (χ2v) is 4.80. The first-order chi connectivity index (χ1) is 8.60. The first kappa shape index (κ1) is 13.1. The van der Waals surface area contributed by atoms with Gasteiger partial charge in [0.05, 0.1) is 10.2 Å². The van der Waals surface area contributed by atoms with Crippen LogP contribution in [0, 0.1) is 11.6 Å².